The average Bonchev–Trinajstić information content (AvgIpc) is 2.26. The van der Waals surface area contributed by atoms with Crippen LogP contribution in [0.5, 0.6) is 5.75 Å². The minimum atomic E-state index is 0.0646. The molecule has 1 aliphatic heterocycles. The van der Waals surface area contributed by atoms with Crippen LogP contribution in [-0.2, 0) is 4.79 Å². The van der Waals surface area contributed by atoms with Crippen LogP contribution >= 0.6 is 11.8 Å². The number of carbonyl (C=O) groups excluding carboxylic acids is 1. The first-order chi connectivity index (χ1) is 7.29. The summed E-state index contributed by atoms with van der Waals surface area (Å²) in [5.74, 6) is 1.43. The average molecular weight is 223 g/mol. The van der Waals surface area contributed by atoms with Crippen molar-refractivity contribution in [3.05, 3.63) is 18.2 Å². The van der Waals surface area contributed by atoms with Crippen molar-refractivity contribution >= 4 is 23.4 Å². The molecule has 1 N–H and O–H groups in total. The zero-order valence-electron chi connectivity index (χ0n) is 8.58. The Labute approximate surface area is 93.2 Å². The van der Waals surface area contributed by atoms with E-state index < -0.39 is 0 Å². The summed E-state index contributed by atoms with van der Waals surface area (Å²) in [5.41, 5.74) is 0.889. The van der Waals surface area contributed by atoms with Gasteiger partial charge in [0, 0.05) is 4.90 Å². The summed E-state index contributed by atoms with van der Waals surface area (Å²) in [6, 6.07) is 5.76. The quantitative estimate of drug-likeness (QED) is 0.855. The van der Waals surface area contributed by atoms with Crippen LogP contribution in [0.25, 0.3) is 0 Å². The molecule has 0 saturated carbocycles. The summed E-state index contributed by atoms with van der Waals surface area (Å²) >= 11 is 1.55. The van der Waals surface area contributed by atoms with Gasteiger partial charge in [0.05, 0.1) is 18.0 Å². The Hall–Kier alpha value is -1.16. The second kappa shape index (κ2) is 4.57. The van der Waals surface area contributed by atoms with Gasteiger partial charge in [-0.25, -0.2) is 0 Å². The number of thioether (sulfide) groups is 1. The highest BCUT2D eigenvalue weighted by molar-refractivity contribution is 8.00. The van der Waals surface area contributed by atoms with E-state index in [1.54, 1.807) is 11.8 Å². The van der Waals surface area contributed by atoms with Gasteiger partial charge in [0.25, 0.3) is 0 Å². The van der Waals surface area contributed by atoms with E-state index in [0.717, 1.165) is 29.4 Å². The third kappa shape index (κ3) is 2.45. The minimum absolute atomic E-state index is 0.0646. The lowest BCUT2D eigenvalue weighted by atomic mass is 10.3. The Balaban J connectivity index is 2.15. The first-order valence-electron chi connectivity index (χ1n) is 4.99. The van der Waals surface area contributed by atoms with Crippen molar-refractivity contribution in [2.75, 3.05) is 17.7 Å². The summed E-state index contributed by atoms with van der Waals surface area (Å²) in [6.45, 7) is 2.81. The second-order valence-electron chi connectivity index (χ2n) is 3.34. The number of hydrogen-bond donors (Lipinski definition) is 1. The van der Waals surface area contributed by atoms with Gasteiger partial charge in [-0.15, -0.1) is 11.8 Å². The molecule has 0 aromatic heterocycles. The summed E-state index contributed by atoms with van der Waals surface area (Å²) in [6.07, 6.45) is 1.00. The zero-order valence-corrected chi connectivity index (χ0v) is 9.39. The summed E-state index contributed by atoms with van der Waals surface area (Å²) in [5, 5.41) is 2.83. The van der Waals surface area contributed by atoms with Gasteiger partial charge in [-0.1, -0.05) is 6.92 Å². The maximum absolute atomic E-state index is 11.1. The Morgan fingerprint density at radius 3 is 3.20 bits per heavy atom. The van der Waals surface area contributed by atoms with Gasteiger partial charge in [-0.3, -0.25) is 4.79 Å². The van der Waals surface area contributed by atoms with Crippen molar-refractivity contribution in [1.29, 1.82) is 0 Å². The number of hydrogen-bond acceptors (Lipinski definition) is 3. The van der Waals surface area contributed by atoms with Crippen molar-refractivity contribution in [3.63, 3.8) is 0 Å². The molecule has 2 rings (SSSR count). The van der Waals surface area contributed by atoms with Crippen LogP contribution in [0.15, 0.2) is 23.1 Å². The lowest BCUT2D eigenvalue weighted by Gasteiger charge is -2.17. The molecule has 1 aromatic rings. The largest absolute Gasteiger partial charge is 0.494 e. The first kappa shape index (κ1) is 10.4. The first-order valence-corrected chi connectivity index (χ1v) is 5.97. The maximum Gasteiger partial charge on any atom is 0.234 e. The zero-order chi connectivity index (χ0) is 10.7. The molecule has 3 nitrogen and oxygen atoms in total. The molecule has 1 aliphatic rings. The molecule has 0 saturated heterocycles. The van der Waals surface area contributed by atoms with Gasteiger partial charge in [-0.05, 0) is 24.6 Å². The normalized spacial score (nSPS) is 14.3. The molecule has 15 heavy (non-hydrogen) atoms. The van der Waals surface area contributed by atoms with Crippen LogP contribution in [0, 0.1) is 0 Å². The second-order valence-corrected chi connectivity index (χ2v) is 4.36. The van der Waals surface area contributed by atoms with E-state index in [1.807, 2.05) is 18.2 Å². The molecule has 0 aliphatic carbocycles. The molecule has 80 valence electrons. The van der Waals surface area contributed by atoms with Crippen molar-refractivity contribution in [2.45, 2.75) is 18.2 Å². The summed E-state index contributed by atoms with van der Waals surface area (Å²) in [4.78, 5) is 12.2. The van der Waals surface area contributed by atoms with Crippen LogP contribution in [0.2, 0.25) is 0 Å². The Kier molecular flexibility index (Phi) is 3.16. The molecular formula is C11H13NO2S. The Morgan fingerprint density at radius 2 is 2.40 bits per heavy atom. The van der Waals surface area contributed by atoms with Crippen molar-refractivity contribution in [1.82, 2.24) is 0 Å². The van der Waals surface area contributed by atoms with E-state index in [0.29, 0.717) is 5.75 Å². The topological polar surface area (TPSA) is 38.3 Å². The number of anilines is 1. The third-order valence-corrected chi connectivity index (χ3v) is 3.11. The summed E-state index contributed by atoms with van der Waals surface area (Å²) in [7, 11) is 0. The highest BCUT2D eigenvalue weighted by Gasteiger charge is 2.15. The number of carbonyl (C=O) groups is 1. The highest BCUT2D eigenvalue weighted by Crippen LogP contribution is 2.34. The van der Waals surface area contributed by atoms with Gasteiger partial charge < -0.3 is 10.1 Å². The molecule has 0 bridgehead atoms. The fraction of sp³-hybridized carbons (Fsp3) is 0.364. The molecule has 1 heterocycles. The maximum atomic E-state index is 11.1. The van der Waals surface area contributed by atoms with E-state index in [-0.39, 0.29) is 5.91 Å². The molecule has 0 radical (unpaired) electrons. The van der Waals surface area contributed by atoms with Crippen LogP contribution in [-0.4, -0.2) is 18.3 Å². The fourth-order valence-corrected chi connectivity index (χ4v) is 2.20. The van der Waals surface area contributed by atoms with Crippen LogP contribution < -0.4 is 10.1 Å². The number of benzene rings is 1. The number of amides is 1. The standard InChI is InChI=1S/C11H13NO2S/c1-2-5-14-8-3-4-9-10(6-8)15-7-11(13)12-9/h3-4,6H,2,5,7H2,1H3,(H,12,13). The molecule has 4 heteroatoms. The van der Waals surface area contributed by atoms with E-state index >= 15 is 0 Å². The van der Waals surface area contributed by atoms with Gasteiger partial charge in [0.15, 0.2) is 0 Å². The lowest BCUT2D eigenvalue weighted by Crippen LogP contribution is -2.18. The van der Waals surface area contributed by atoms with Gasteiger partial charge in [0.2, 0.25) is 5.91 Å². The smallest absolute Gasteiger partial charge is 0.234 e. The predicted molar refractivity (Wildman–Crippen MR) is 61.6 cm³/mol. The monoisotopic (exact) mass is 223 g/mol. The van der Waals surface area contributed by atoms with E-state index in [1.165, 1.54) is 0 Å². The molecular weight excluding hydrogens is 210 g/mol. The molecule has 1 aromatic carbocycles. The minimum Gasteiger partial charge on any atom is -0.494 e. The van der Waals surface area contributed by atoms with E-state index in [9.17, 15) is 4.79 Å². The van der Waals surface area contributed by atoms with Crippen LogP contribution in [0.3, 0.4) is 0 Å². The predicted octanol–water partition coefficient (Wildman–Crippen LogP) is 2.52. The van der Waals surface area contributed by atoms with Crippen LogP contribution in [0.4, 0.5) is 5.69 Å². The molecule has 1 amide bonds. The summed E-state index contributed by atoms with van der Waals surface area (Å²) < 4.78 is 5.52. The van der Waals surface area contributed by atoms with E-state index in [2.05, 4.69) is 12.2 Å². The highest BCUT2D eigenvalue weighted by atomic mass is 32.2. The van der Waals surface area contributed by atoms with Crippen LogP contribution in [0.1, 0.15) is 13.3 Å². The Bertz CT molecular complexity index is 379. The fourth-order valence-electron chi connectivity index (χ4n) is 1.36. The molecule has 0 unspecified atom stereocenters. The SMILES string of the molecule is CCCOc1ccc2c(c1)SCC(=O)N2. The van der Waals surface area contributed by atoms with Gasteiger partial charge in [0.1, 0.15) is 5.75 Å². The van der Waals surface area contributed by atoms with Crippen molar-refractivity contribution in [3.8, 4) is 5.75 Å². The molecule has 0 fully saturated rings. The third-order valence-electron chi connectivity index (χ3n) is 2.06. The van der Waals surface area contributed by atoms with Gasteiger partial charge >= 0.3 is 0 Å². The van der Waals surface area contributed by atoms with Crippen molar-refractivity contribution in [2.24, 2.45) is 0 Å². The van der Waals surface area contributed by atoms with Gasteiger partial charge in [-0.2, -0.15) is 0 Å². The molecule has 0 atom stereocenters. The van der Waals surface area contributed by atoms with E-state index in [4.69, 9.17) is 4.74 Å². The molecule has 0 spiro atoms. The Morgan fingerprint density at radius 1 is 1.53 bits per heavy atom. The number of fused-ring (bicyclic) bond motifs is 1. The number of ether oxygens (including phenoxy) is 1. The lowest BCUT2D eigenvalue weighted by molar-refractivity contribution is -0.113. The number of rotatable bonds is 3. The number of nitrogens with one attached hydrogen (secondary N) is 1. The van der Waals surface area contributed by atoms with Crippen molar-refractivity contribution < 1.29 is 9.53 Å².